The van der Waals surface area contributed by atoms with E-state index < -0.39 is 0 Å². The maximum atomic E-state index is 3.67. The molecule has 86 valence electrons. The Labute approximate surface area is 98.3 Å². The van der Waals surface area contributed by atoms with Crippen molar-refractivity contribution in [3.05, 3.63) is 34.9 Å². The SMILES string of the molecule is CC(Cc1ccc2c(c1)CCC2)NC1CC1. The first-order valence-electron chi connectivity index (χ1n) is 6.68. The molecule has 3 rings (SSSR count). The van der Waals surface area contributed by atoms with Crippen molar-refractivity contribution >= 4 is 0 Å². The Bertz CT molecular complexity index is 379. The zero-order valence-electron chi connectivity index (χ0n) is 10.1. The van der Waals surface area contributed by atoms with Crippen LogP contribution in [0.2, 0.25) is 0 Å². The molecule has 16 heavy (non-hydrogen) atoms. The van der Waals surface area contributed by atoms with E-state index in [2.05, 4.69) is 30.4 Å². The maximum Gasteiger partial charge on any atom is 0.00817 e. The second-order valence-electron chi connectivity index (χ2n) is 5.50. The first-order valence-corrected chi connectivity index (χ1v) is 6.68. The number of nitrogens with one attached hydrogen (secondary N) is 1. The Morgan fingerprint density at radius 2 is 2.06 bits per heavy atom. The molecule has 1 unspecified atom stereocenters. The highest BCUT2D eigenvalue weighted by atomic mass is 15.0. The molecule has 1 atom stereocenters. The van der Waals surface area contributed by atoms with Gasteiger partial charge in [0.2, 0.25) is 0 Å². The summed E-state index contributed by atoms with van der Waals surface area (Å²) in [5, 5.41) is 3.67. The average molecular weight is 215 g/mol. The molecule has 1 aromatic carbocycles. The fourth-order valence-electron chi connectivity index (χ4n) is 2.82. The molecule has 1 saturated carbocycles. The van der Waals surface area contributed by atoms with Crippen molar-refractivity contribution in [2.45, 2.75) is 57.5 Å². The minimum absolute atomic E-state index is 0.631. The smallest absolute Gasteiger partial charge is 0.00817 e. The van der Waals surface area contributed by atoms with Gasteiger partial charge in [-0.2, -0.15) is 0 Å². The van der Waals surface area contributed by atoms with Gasteiger partial charge in [0.05, 0.1) is 0 Å². The highest BCUT2D eigenvalue weighted by Gasteiger charge is 2.22. The van der Waals surface area contributed by atoms with Crippen LogP contribution in [0.5, 0.6) is 0 Å². The second kappa shape index (κ2) is 4.21. The van der Waals surface area contributed by atoms with Crippen LogP contribution in [0, 0.1) is 0 Å². The third-order valence-corrected chi connectivity index (χ3v) is 3.80. The van der Waals surface area contributed by atoms with Crippen LogP contribution < -0.4 is 5.32 Å². The number of rotatable bonds is 4. The molecular weight excluding hydrogens is 194 g/mol. The Balaban J connectivity index is 1.64. The molecule has 0 aromatic heterocycles. The predicted octanol–water partition coefficient (Wildman–Crippen LogP) is 2.86. The molecule has 1 heteroatoms. The van der Waals surface area contributed by atoms with Crippen molar-refractivity contribution < 1.29 is 0 Å². The summed E-state index contributed by atoms with van der Waals surface area (Å²) in [5.41, 5.74) is 4.71. The fraction of sp³-hybridized carbons (Fsp3) is 0.600. The summed E-state index contributed by atoms with van der Waals surface area (Å²) in [4.78, 5) is 0. The number of hydrogen-bond acceptors (Lipinski definition) is 1. The normalized spacial score (nSPS) is 20.8. The Morgan fingerprint density at radius 3 is 2.88 bits per heavy atom. The third-order valence-electron chi connectivity index (χ3n) is 3.80. The zero-order valence-corrected chi connectivity index (χ0v) is 10.1. The summed E-state index contributed by atoms with van der Waals surface area (Å²) in [7, 11) is 0. The van der Waals surface area contributed by atoms with Gasteiger partial charge in [0.15, 0.2) is 0 Å². The third kappa shape index (κ3) is 2.30. The Hall–Kier alpha value is -0.820. The van der Waals surface area contributed by atoms with Crippen molar-refractivity contribution in [3.8, 4) is 0 Å². The molecule has 0 saturated heterocycles. The summed E-state index contributed by atoms with van der Waals surface area (Å²) in [6.45, 7) is 2.31. The van der Waals surface area contributed by atoms with Gasteiger partial charge in [0, 0.05) is 12.1 Å². The standard InChI is InChI=1S/C15H21N/c1-11(16-15-7-8-15)9-12-5-6-13-3-2-4-14(13)10-12/h5-6,10-11,15-16H,2-4,7-9H2,1H3. The van der Waals surface area contributed by atoms with Crippen molar-refractivity contribution in [1.29, 1.82) is 0 Å². The van der Waals surface area contributed by atoms with E-state index in [1.165, 1.54) is 44.1 Å². The molecule has 0 bridgehead atoms. The van der Waals surface area contributed by atoms with Crippen LogP contribution in [0.3, 0.4) is 0 Å². The average Bonchev–Trinajstić information content (AvgIpc) is 2.95. The number of aryl methyl sites for hydroxylation is 2. The Morgan fingerprint density at radius 1 is 1.25 bits per heavy atom. The van der Waals surface area contributed by atoms with Crippen LogP contribution in [-0.2, 0) is 19.3 Å². The molecule has 1 nitrogen and oxygen atoms in total. The van der Waals surface area contributed by atoms with E-state index in [4.69, 9.17) is 0 Å². The van der Waals surface area contributed by atoms with Crippen LogP contribution >= 0.6 is 0 Å². The van der Waals surface area contributed by atoms with E-state index in [1.807, 2.05) is 0 Å². The molecule has 0 amide bonds. The van der Waals surface area contributed by atoms with Gasteiger partial charge < -0.3 is 5.32 Å². The molecule has 0 spiro atoms. The van der Waals surface area contributed by atoms with Crippen LogP contribution in [0.25, 0.3) is 0 Å². The number of fused-ring (bicyclic) bond motifs is 1. The molecule has 0 heterocycles. The van der Waals surface area contributed by atoms with Crippen molar-refractivity contribution in [2.24, 2.45) is 0 Å². The maximum absolute atomic E-state index is 3.67. The lowest BCUT2D eigenvalue weighted by Crippen LogP contribution is -2.29. The quantitative estimate of drug-likeness (QED) is 0.814. The number of hydrogen-bond donors (Lipinski definition) is 1. The van der Waals surface area contributed by atoms with Gasteiger partial charge in [-0.3, -0.25) is 0 Å². The van der Waals surface area contributed by atoms with Gasteiger partial charge in [0.25, 0.3) is 0 Å². The van der Waals surface area contributed by atoms with Crippen LogP contribution in [0.15, 0.2) is 18.2 Å². The number of benzene rings is 1. The molecule has 1 fully saturated rings. The van der Waals surface area contributed by atoms with Crippen LogP contribution in [0.4, 0.5) is 0 Å². The summed E-state index contributed by atoms with van der Waals surface area (Å²) in [6, 6.07) is 8.57. The van der Waals surface area contributed by atoms with Gasteiger partial charge in [0.1, 0.15) is 0 Å². The minimum atomic E-state index is 0.631. The van der Waals surface area contributed by atoms with E-state index in [1.54, 1.807) is 11.1 Å². The van der Waals surface area contributed by atoms with E-state index in [0.717, 1.165) is 6.04 Å². The second-order valence-corrected chi connectivity index (χ2v) is 5.50. The van der Waals surface area contributed by atoms with Gasteiger partial charge in [-0.1, -0.05) is 18.2 Å². The van der Waals surface area contributed by atoms with Crippen molar-refractivity contribution in [2.75, 3.05) is 0 Å². The lowest BCUT2D eigenvalue weighted by Gasteiger charge is -2.14. The van der Waals surface area contributed by atoms with Gasteiger partial charge >= 0.3 is 0 Å². The lowest BCUT2D eigenvalue weighted by atomic mass is 10.0. The largest absolute Gasteiger partial charge is 0.311 e. The van der Waals surface area contributed by atoms with Crippen LogP contribution in [0.1, 0.15) is 42.9 Å². The van der Waals surface area contributed by atoms with Gasteiger partial charge in [-0.25, -0.2) is 0 Å². The van der Waals surface area contributed by atoms with E-state index in [0.29, 0.717) is 6.04 Å². The zero-order chi connectivity index (χ0) is 11.0. The van der Waals surface area contributed by atoms with Gasteiger partial charge in [-0.15, -0.1) is 0 Å². The highest BCUT2D eigenvalue weighted by Crippen LogP contribution is 2.24. The summed E-state index contributed by atoms with van der Waals surface area (Å²) in [5.74, 6) is 0. The monoisotopic (exact) mass is 215 g/mol. The van der Waals surface area contributed by atoms with Crippen molar-refractivity contribution in [3.63, 3.8) is 0 Å². The van der Waals surface area contributed by atoms with Gasteiger partial charge in [-0.05, 0) is 62.1 Å². The van der Waals surface area contributed by atoms with E-state index in [-0.39, 0.29) is 0 Å². The minimum Gasteiger partial charge on any atom is -0.311 e. The molecular formula is C15H21N. The molecule has 1 N–H and O–H groups in total. The van der Waals surface area contributed by atoms with Crippen LogP contribution in [-0.4, -0.2) is 12.1 Å². The lowest BCUT2D eigenvalue weighted by molar-refractivity contribution is 0.542. The Kier molecular flexibility index (Phi) is 2.72. The molecule has 1 aromatic rings. The summed E-state index contributed by atoms with van der Waals surface area (Å²) >= 11 is 0. The molecule has 0 radical (unpaired) electrons. The topological polar surface area (TPSA) is 12.0 Å². The molecule has 2 aliphatic rings. The summed E-state index contributed by atoms with van der Waals surface area (Å²) < 4.78 is 0. The van der Waals surface area contributed by atoms with E-state index in [9.17, 15) is 0 Å². The highest BCUT2D eigenvalue weighted by molar-refractivity contribution is 5.35. The fourth-order valence-corrected chi connectivity index (χ4v) is 2.82. The van der Waals surface area contributed by atoms with Crippen molar-refractivity contribution in [1.82, 2.24) is 5.32 Å². The summed E-state index contributed by atoms with van der Waals surface area (Å²) in [6.07, 6.45) is 7.90. The first-order chi connectivity index (χ1) is 7.81. The van der Waals surface area contributed by atoms with E-state index >= 15 is 0 Å². The molecule has 2 aliphatic carbocycles. The first kappa shape index (κ1) is 10.3. The molecule has 0 aliphatic heterocycles. The predicted molar refractivity (Wildman–Crippen MR) is 67.8 cm³/mol.